The van der Waals surface area contributed by atoms with E-state index in [0.717, 1.165) is 15.7 Å². The fourth-order valence-corrected chi connectivity index (χ4v) is 3.99. The quantitative estimate of drug-likeness (QED) is 0.496. The van der Waals surface area contributed by atoms with Crippen LogP contribution in [0.15, 0.2) is 51.2 Å². The molecule has 3 rings (SSSR count). The Morgan fingerprint density at radius 2 is 1.92 bits per heavy atom. The highest BCUT2D eigenvalue weighted by molar-refractivity contribution is 7.98. The lowest BCUT2D eigenvalue weighted by Gasteiger charge is -2.09. The van der Waals surface area contributed by atoms with Crippen molar-refractivity contribution in [3.8, 4) is 0 Å². The molecule has 0 fully saturated rings. The minimum atomic E-state index is -0.398. The second-order valence-corrected chi connectivity index (χ2v) is 7.55. The highest BCUT2D eigenvalue weighted by Gasteiger charge is 2.19. The van der Waals surface area contributed by atoms with Crippen molar-refractivity contribution in [1.29, 1.82) is 0 Å². The molecule has 0 aliphatic carbocycles. The second kappa shape index (κ2) is 7.17. The summed E-state index contributed by atoms with van der Waals surface area (Å²) in [4.78, 5) is 29.4. The van der Waals surface area contributed by atoms with E-state index in [2.05, 4.69) is 11.6 Å². The van der Waals surface area contributed by atoms with Gasteiger partial charge in [0.15, 0.2) is 16.3 Å². The third-order valence-electron chi connectivity index (χ3n) is 4.06. The summed E-state index contributed by atoms with van der Waals surface area (Å²) in [6.07, 6.45) is 0. The molecule has 0 amide bonds. The number of aryl methyl sites for hydroxylation is 1. The van der Waals surface area contributed by atoms with Gasteiger partial charge in [0, 0.05) is 31.4 Å². The highest BCUT2D eigenvalue weighted by atomic mass is 35.5. The third-order valence-corrected chi connectivity index (χ3v) is 5.45. The van der Waals surface area contributed by atoms with Crippen LogP contribution in [0.25, 0.3) is 11.2 Å². The van der Waals surface area contributed by atoms with Gasteiger partial charge in [-0.25, -0.2) is 9.78 Å². The fourth-order valence-electron chi connectivity index (χ4n) is 2.71. The maximum atomic E-state index is 12.7. The number of rotatable bonds is 5. The minimum Gasteiger partial charge on any atom is -0.309 e. The van der Waals surface area contributed by atoms with Gasteiger partial charge in [-0.3, -0.25) is 13.9 Å². The zero-order valence-corrected chi connectivity index (χ0v) is 16.4. The summed E-state index contributed by atoms with van der Waals surface area (Å²) in [5.41, 5.74) is 1.89. The molecule has 0 saturated carbocycles. The molecule has 0 N–H and O–H groups in total. The van der Waals surface area contributed by atoms with Crippen molar-refractivity contribution >= 4 is 34.5 Å². The Labute approximate surface area is 159 Å². The first kappa shape index (κ1) is 18.5. The van der Waals surface area contributed by atoms with E-state index in [4.69, 9.17) is 11.6 Å². The average Bonchev–Trinajstić information content (AvgIpc) is 2.95. The van der Waals surface area contributed by atoms with Crippen molar-refractivity contribution < 1.29 is 0 Å². The Hall–Kier alpha value is -2.25. The molecule has 0 aliphatic heterocycles. The molecular formula is C18H19ClN4O2S. The number of aromatic nitrogens is 4. The van der Waals surface area contributed by atoms with E-state index in [1.54, 1.807) is 7.05 Å². The van der Waals surface area contributed by atoms with Gasteiger partial charge in [0.2, 0.25) is 0 Å². The summed E-state index contributed by atoms with van der Waals surface area (Å²) in [7, 11) is 3.09. The Balaban J connectivity index is 2.15. The molecule has 0 bridgehead atoms. The monoisotopic (exact) mass is 390 g/mol. The van der Waals surface area contributed by atoms with Crippen LogP contribution < -0.4 is 11.2 Å². The van der Waals surface area contributed by atoms with E-state index in [1.807, 2.05) is 35.8 Å². The molecule has 0 unspecified atom stereocenters. The fraction of sp³-hybridized carbons (Fsp3) is 0.278. The van der Waals surface area contributed by atoms with Crippen LogP contribution in [0.4, 0.5) is 0 Å². The first-order valence-electron chi connectivity index (χ1n) is 7.98. The Morgan fingerprint density at radius 3 is 2.58 bits per heavy atom. The topological polar surface area (TPSA) is 61.8 Å². The van der Waals surface area contributed by atoms with Crippen molar-refractivity contribution in [2.45, 2.75) is 24.4 Å². The Kier molecular flexibility index (Phi) is 5.11. The molecule has 0 spiro atoms. The summed E-state index contributed by atoms with van der Waals surface area (Å²) in [5.74, 6) is 0.605. The normalized spacial score (nSPS) is 11.2. The van der Waals surface area contributed by atoms with Gasteiger partial charge in [0.1, 0.15) is 0 Å². The molecule has 8 heteroatoms. The molecule has 0 aliphatic rings. The van der Waals surface area contributed by atoms with Crippen LogP contribution in [-0.4, -0.2) is 18.7 Å². The molecule has 0 radical (unpaired) electrons. The second-order valence-electron chi connectivity index (χ2n) is 6.20. The zero-order valence-electron chi connectivity index (χ0n) is 14.8. The molecule has 26 heavy (non-hydrogen) atoms. The first-order valence-corrected chi connectivity index (χ1v) is 9.34. The molecule has 0 atom stereocenters. The number of hydrogen-bond donors (Lipinski definition) is 0. The molecule has 1 aromatic carbocycles. The SMILES string of the molecule is C=C(C)Cn1c(SCc2ccccc2Cl)nc2c1c(=O)n(C)c(=O)n2C. The summed E-state index contributed by atoms with van der Waals surface area (Å²) >= 11 is 7.71. The van der Waals surface area contributed by atoms with E-state index in [0.29, 0.717) is 33.6 Å². The predicted octanol–water partition coefficient (Wildman–Crippen LogP) is 2.96. The first-order chi connectivity index (χ1) is 12.3. The molecule has 2 heterocycles. The van der Waals surface area contributed by atoms with E-state index >= 15 is 0 Å². The van der Waals surface area contributed by atoms with Gasteiger partial charge in [-0.15, -0.1) is 0 Å². The molecule has 0 saturated heterocycles. The van der Waals surface area contributed by atoms with Crippen molar-refractivity contribution in [3.05, 3.63) is 67.8 Å². The van der Waals surface area contributed by atoms with Crippen molar-refractivity contribution in [1.82, 2.24) is 18.7 Å². The lowest BCUT2D eigenvalue weighted by atomic mass is 10.2. The van der Waals surface area contributed by atoms with Gasteiger partial charge in [-0.1, -0.05) is 53.7 Å². The highest BCUT2D eigenvalue weighted by Crippen LogP contribution is 2.28. The molecule has 2 aromatic heterocycles. The van der Waals surface area contributed by atoms with Crippen molar-refractivity contribution in [2.75, 3.05) is 0 Å². The number of hydrogen-bond acceptors (Lipinski definition) is 4. The lowest BCUT2D eigenvalue weighted by Crippen LogP contribution is -2.37. The summed E-state index contributed by atoms with van der Waals surface area (Å²) in [6, 6.07) is 7.61. The smallest absolute Gasteiger partial charge is 0.309 e. The number of benzene rings is 1. The lowest BCUT2D eigenvalue weighted by molar-refractivity contribution is 0.694. The number of thioether (sulfide) groups is 1. The van der Waals surface area contributed by atoms with E-state index < -0.39 is 5.69 Å². The molecule has 6 nitrogen and oxygen atoms in total. The van der Waals surface area contributed by atoms with Crippen LogP contribution in [0.1, 0.15) is 12.5 Å². The number of allylic oxidation sites excluding steroid dienone is 1. The standard InChI is InChI=1S/C18H19ClN4O2S/c1-11(2)9-23-14-15(21(3)18(25)22(4)16(14)24)20-17(23)26-10-12-7-5-6-8-13(12)19/h5-8H,1,9-10H2,2-4H3. The molecule has 3 aromatic rings. The van der Waals surface area contributed by atoms with Crippen LogP contribution >= 0.6 is 23.4 Å². The Morgan fingerprint density at radius 1 is 1.23 bits per heavy atom. The maximum Gasteiger partial charge on any atom is 0.332 e. The van der Waals surface area contributed by atoms with Gasteiger partial charge >= 0.3 is 5.69 Å². The van der Waals surface area contributed by atoms with Crippen LogP contribution in [0, 0.1) is 0 Å². The number of fused-ring (bicyclic) bond motifs is 1. The zero-order chi connectivity index (χ0) is 19.0. The summed E-state index contributed by atoms with van der Waals surface area (Å²) in [6.45, 7) is 6.29. The molecular weight excluding hydrogens is 372 g/mol. The van der Waals surface area contributed by atoms with Gasteiger partial charge in [-0.05, 0) is 18.6 Å². The predicted molar refractivity (Wildman–Crippen MR) is 106 cm³/mol. The van der Waals surface area contributed by atoms with Crippen LogP contribution in [0.3, 0.4) is 0 Å². The van der Waals surface area contributed by atoms with Crippen molar-refractivity contribution in [3.63, 3.8) is 0 Å². The van der Waals surface area contributed by atoms with Crippen LogP contribution in [-0.2, 0) is 26.4 Å². The van der Waals surface area contributed by atoms with Crippen molar-refractivity contribution in [2.24, 2.45) is 14.1 Å². The van der Waals surface area contributed by atoms with Gasteiger partial charge in [0.25, 0.3) is 5.56 Å². The van der Waals surface area contributed by atoms with E-state index in [1.165, 1.54) is 23.4 Å². The number of halogens is 1. The average molecular weight is 391 g/mol. The Bertz CT molecular complexity index is 1130. The summed E-state index contributed by atoms with van der Waals surface area (Å²) in [5, 5.41) is 1.34. The third kappa shape index (κ3) is 3.24. The summed E-state index contributed by atoms with van der Waals surface area (Å²) < 4.78 is 4.31. The van der Waals surface area contributed by atoms with Crippen LogP contribution in [0.2, 0.25) is 5.02 Å². The maximum absolute atomic E-state index is 12.7. The van der Waals surface area contributed by atoms with E-state index in [-0.39, 0.29) is 5.56 Å². The largest absolute Gasteiger partial charge is 0.332 e. The van der Waals surface area contributed by atoms with Gasteiger partial charge in [0.05, 0.1) is 0 Å². The number of nitrogens with zero attached hydrogens (tertiary/aromatic N) is 4. The molecule has 136 valence electrons. The number of imidazole rings is 1. The van der Waals surface area contributed by atoms with E-state index in [9.17, 15) is 9.59 Å². The van der Waals surface area contributed by atoms with Gasteiger partial charge in [-0.2, -0.15) is 0 Å². The minimum absolute atomic E-state index is 0.360. The van der Waals surface area contributed by atoms with Crippen LogP contribution in [0.5, 0.6) is 0 Å². The van der Waals surface area contributed by atoms with Gasteiger partial charge < -0.3 is 4.57 Å².